The van der Waals surface area contributed by atoms with Crippen molar-refractivity contribution in [1.82, 2.24) is 14.9 Å². The number of nitrogens with one attached hydrogen (secondary N) is 1. The smallest absolute Gasteiger partial charge is 0.220 e. The molecule has 2 unspecified atom stereocenters. The zero-order chi connectivity index (χ0) is 14.5. The molecule has 0 aliphatic rings. The van der Waals surface area contributed by atoms with Crippen molar-refractivity contribution < 1.29 is 9.90 Å². The zero-order valence-corrected chi connectivity index (χ0v) is 12.3. The van der Waals surface area contributed by atoms with E-state index in [1.807, 2.05) is 10.8 Å². The van der Waals surface area contributed by atoms with E-state index in [2.05, 4.69) is 31.1 Å². The fraction of sp³-hybridized carbons (Fsp3) is 0.714. The lowest BCUT2D eigenvalue weighted by Crippen LogP contribution is -2.46. The number of carbonyl (C=O) groups excluding carboxylic acids is 1. The molecule has 1 heterocycles. The molecule has 0 aliphatic heterocycles. The SMILES string of the molecule is CC(O)CCC(=O)NC(Cn1ccnc1)C(C)(C)C. The third-order valence-corrected chi connectivity index (χ3v) is 3.12. The van der Waals surface area contributed by atoms with Gasteiger partial charge in [-0.1, -0.05) is 20.8 Å². The van der Waals surface area contributed by atoms with Crippen LogP contribution in [0, 0.1) is 5.41 Å². The van der Waals surface area contributed by atoms with Gasteiger partial charge in [-0.05, 0) is 18.8 Å². The van der Waals surface area contributed by atoms with Gasteiger partial charge in [-0.3, -0.25) is 4.79 Å². The number of aliphatic hydroxyl groups is 1. The second-order valence-corrected chi connectivity index (χ2v) is 6.13. The molecule has 0 saturated heterocycles. The molecule has 1 aromatic rings. The molecule has 0 fully saturated rings. The van der Waals surface area contributed by atoms with Gasteiger partial charge >= 0.3 is 0 Å². The highest BCUT2D eigenvalue weighted by molar-refractivity contribution is 5.76. The molecule has 108 valence electrons. The monoisotopic (exact) mass is 267 g/mol. The highest BCUT2D eigenvalue weighted by atomic mass is 16.3. The van der Waals surface area contributed by atoms with E-state index in [1.165, 1.54) is 0 Å². The highest BCUT2D eigenvalue weighted by Gasteiger charge is 2.26. The highest BCUT2D eigenvalue weighted by Crippen LogP contribution is 2.21. The molecule has 5 heteroatoms. The van der Waals surface area contributed by atoms with Crippen molar-refractivity contribution >= 4 is 5.91 Å². The summed E-state index contributed by atoms with van der Waals surface area (Å²) in [5, 5.41) is 12.3. The number of hydrogen-bond donors (Lipinski definition) is 2. The number of aromatic nitrogens is 2. The van der Waals surface area contributed by atoms with Crippen LogP contribution in [0.5, 0.6) is 0 Å². The molecule has 1 rings (SSSR count). The summed E-state index contributed by atoms with van der Waals surface area (Å²) in [7, 11) is 0. The maximum Gasteiger partial charge on any atom is 0.220 e. The number of amides is 1. The minimum atomic E-state index is -0.438. The van der Waals surface area contributed by atoms with Gasteiger partial charge in [0.1, 0.15) is 0 Å². The molecular weight excluding hydrogens is 242 g/mol. The van der Waals surface area contributed by atoms with E-state index in [0.29, 0.717) is 19.4 Å². The Bertz CT molecular complexity index is 380. The second-order valence-electron chi connectivity index (χ2n) is 6.13. The molecule has 0 radical (unpaired) electrons. The van der Waals surface area contributed by atoms with Gasteiger partial charge in [-0.25, -0.2) is 4.98 Å². The van der Waals surface area contributed by atoms with Crippen LogP contribution in [0.15, 0.2) is 18.7 Å². The van der Waals surface area contributed by atoms with Crippen LogP contribution in [-0.4, -0.2) is 32.7 Å². The average molecular weight is 267 g/mol. The number of rotatable bonds is 6. The number of aliphatic hydroxyl groups excluding tert-OH is 1. The number of hydrogen-bond acceptors (Lipinski definition) is 3. The van der Waals surface area contributed by atoms with Crippen molar-refractivity contribution in [2.45, 2.75) is 59.2 Å². The lowest BCUT2D eigenvalue weighted by atomic mass is 9.86. The summed E-state index contributed by atoms with van der Waals surface area (Å²) in [6, 6.07) is 0.0307. The Morgan fingerprint density at radius 1 is 1.47 bits per heavy atom. The molecule has 0 aromatic carbocycles. The molecule has 0 saturated carbocycles. The molecule has 1 amide bonds. The molecule has 5 nitrogen and oxygen atoms in total. The lowest BCUT2D eigenvalue weighted by Gasteiger charge is -2.32. The lowest BCUT2D eigenvalue weighted by molar-refractivity contribution is -0.123. The quantitative estimate of drug-likeness (QED) is 0.822. The molecule has 1 aromatic heterocycles. The van der Waals surface area contributed by atoms with Crippen LogP contribution in [0.1, 0.15) is 40.5 Å². The number of imidazole rings is 1. The third-order valence-electron chi connectivity index (χ3n) is 3.12. The minimum Gasteiger partial charge on any atom is -0.393 e. The molecule has 2 atom stereocenters. The number of nitrogens with zero attached hydrogens (tertiary/aromatic N) is 2. The van der Waals surface area contributed by atoms with Gasteiger partial charge in [0.2, 0.25) is 5.91 Å². The Labute approximate surface area is 115 Å². The Hall–Kier alpha value is -1.36. The maximum atomic E-state index is 11.9. The van der Waals surface area contributed by atoms with Gasteiger partial charge in [-0.15, -0.1) is 0 Å². The average Bonchev–Trinajstić information content (AvgIpc) is 2.77. The Kier molecular flexibility index (Phi) is 5.54. The Morgan fingerprint density at radius 3 is 2.63 bits per heavy atom. The largest absolute Gasteiger partial charge is 0.393 e. The van der Waals surface area contributed by atoms with Crippen LogP contribution in [0.25, 0.3) is 0 Å². The van der Waals surface area contributed by atoms with Gasteiger partial charge in [0.05, 0.1) is 18.5 Å². The summed E-state index contributed by atoms with van der Waals surface area (Å²) >= 11 is 0. The van der Waals surface area contributed by atoms with Crippen molar-refractivity contribution in [3.05, 3.63) is 18.7 Å². The molecular formula is C14H25N3O2. The number of carbonyl (C=O) groups is 1. The summed E-state index contributed by atoms with van der Waals surface area (Å²) in [6.07, 6.45) is 5.78. The predicted octanol–water partition coefficient (Wildman–Crippen LogP) is 1.57. The van der Waals surface area contributed by atoms with Crippen LogP contribution < -0.4 is 5.32 Å². The molecule has 19 heavy (non-hydrogen) atoms. The topological polar surface area (TPSA) is 67.2 Å². The molecule has 0 aliphatic carbocycles. The fourth-order valence-corrected chi connectivity index (χ4v) is 1.75. The second kappa shape index (κ2) is 6.70. The Morgan fingerprint density at radius 2 is 2.16 bits per heavy atom. The van der Waals surface area contributed by atoms with Crippen molar-refractivity contribution in [1.29, 1.82) is 0 Å². The van der Waals surface area contributed by atoms with E-state index in [9.17, 15) is 9.90 Å². The van der Waals surface area contributed by atoms with Crippen molar-refractivity contribution in [3.63, 3.8) is 0 Å². The van der Waals surface area contributed by atoms with Gasteiger partial charge in [0, 0.05) is 25.4 Å². The maximum absolute atomic E-state index is 11.9. The summed E-state index contributed by atoms with van der Waals surface area (Å²) in [6.45, 7) is 8.69. The molecule has 0 spiro atoms. The minimum absolute atomic E-state index is 0.0130. The first-order chi connectivity index (χ1) is 8.79. The van der Waals surface area contributed by atoms with Crippen LogP contribution in [0.4, 0.5) is 0 Å². The first kappa shape index (κ1) is 15.7. The first-order valence-corrected chi connectivity index (χ1v) is 6.72. The fourth-order valence-electron chi connectivity index (χ4n) is 1.75. The van der Waals surface area contributed by atoms with Crippen LogP contribution in [0.2, 0.25) is 0 Å². The van der Waals surface area contributed by atoms with E-state index in [1.54, 1.807) is 19.4 Å². The summed E-state index contributed by atoms with van der Waals surface area (Å²) in [4.78, 5) is 15.9. The molecule has 2 N–H and O–H groups in total. The van der Waals surface area contributed by atoms with Crippen LogP contribution >= 0.6 is 0 Å². The van der Waals surface area contributed by atoms with E-state index in [4.69, 9.17) is 0 Å². The van der Waals surface area contributed by atoms with Gasteiger partial charge in [0.15, 0.2) is 0 Å². The zero-order valence-electron chi connectivity index (χ0n) is 12.3. The van der Waals surface area contributed by atoms with Gasteiger partial charge in [-0.2, -0.15) is 0 Å². The summed E-state index contributed by atoms with van der Waals surface area (Å²) in [5.74, 6) is -0.0130. The van der Waals surface area contributed by atoms with E-state index in [-0.39, 0.29) is 17.4 Å². The normalized spacial score (nSPS) is 15.0. The Balaban J connectivity index is 2.58. The standard InChI is InChI=1S/C14H25N3O2/c1-11(18)5-6-13(19)16-12(14(2,3)4)9-17-8-7-15-10-17/h7-8,10-12,18H,5-6,9H2,1-4H3,(H,16,19). The van der Waals surface area contributed by atoms with Crippen LogP contribution in [-0.2, 0) is 11.3 Å². The summed E-state index contributed by atoms with van der Waals surface area (Å²) in [5.41, 5.74) is -0.0369. The van der Waals surface area contributed by atoms with Gasteiger partial charge in [0.25, 0.3) is 0 Å². The first-order valence-electron chi connectivity index (χ1n) is 6.72. The van der Waals surface area contributed by atoms with Crippen molar-refractivity contribution in [3.8, 4) is 0 Å². The third kappa shape index (κ3) is 5.87. The van der Waals surface area contributed by atoms with E-state index >= 15 is 0 Å². The van der Waals surface area contributed by atoms with Gasteiger partial charge < -0.3 is 15.0 Å². The predicted molar refractivity (Wildman–Crippen MR) is 74.5 cm³/mol. The van der Waals surface area contributed by atoms with E-state index in [0.717, 1.165) is 0 Å². The summed E-state index contributed by atoms with van der Waals surface area (Å²) < 4.78 is 1.96. The molecule has 0 bridgehead atoms. The van der Waals surface area contributed by atoms with Crippen molar-refractivity contribution in [2.75, 3.05) is 0 Å². The van der Waals surface area contributed by atoms with Crippen LogP contribution in [0.3, 0.4) is 0 Å². The van der Waals surface area contributed by atoms with Crippen molar-refractivity contribution in [2.24, 2.45) is 5.41 Å². The van der Waals surface area contributed by atoms with E-state index < -0.39 is 6.10 Å².